The molecule has 1 saturated heterocycles. The number of allylic oxidation sites excluding steroid dienone is 1. The zero-order chi connectivity index (χ0) is 41.2. The molecule has 0 aromatic carbocycles. The molecule has 2 fully saturated rings. The van der Waals surface area contributed by atoms with E-state index in [0.717, 1.165) is 109 Å². The summed E-state index contributed by atoms with van der Waals surface area (Å²) in [5, 5.41) is 3.04. The van der Waals surface area contributed by atoms with E-state index in [9.17, 15) is 14.4 Å². The van der Waals surface area contributed by atoms with Crippen LogP contribution in [0.3, 0.4) is 0 Å². The zero-order valence-electron chi connectivity index (χ0n) is 37.8. The average Bonchev–Trinajstić information content (AvgIpc) is 3.57. The Morgan fingerprint density at radius 2 is 1.27 bits per heavy atom. The van der Waals surface area contributed by atoms with Gasteiger partial charge in [0, 0.05) is 38.3 Å². The maximum atomic E-state index is 13.5. The number of ether oxygens (including phenoxy) is 3. The van der Waals surface area contributed by atoms with Crippen molar-refractivity contribution in [2.24, 2.45) is 11.8 Å². The Balaban J connectivity index is 0.00000771. The third kappa shape index (κ3) is 24.1. The first kappa shape index (κ1) is 52.1. The Hall–Kier alpha value is -1.93. The van der Waals surface area contributed by atoms with Crippen molar-refractivity contribution in [3.05, 3.63) is 11.3 Å². The van der Waals surface area contributed by atoms with Crippen molar-refractivity contribution in [2.75, 3.05) is 39.9 Å². The maximum absolute atomic E-state index is 13.5. The van der Waals surface area contributed by atoms with Crippen LogP contribution in [0.15, 0.2) is 11.3 Å². The van der Waals surface area contributed by atoms with Crippen molar-refractivity contribution in [2.45, 2.75) is 227 Å². The summed E-state index contributed by atoms with van der Waals surface area (Å²) in [7, 11) is 1.86. The Kier molecular flexibility index (Phi) is 32.6. The van der Waals surface area contributed by atoms with Crippen LogP contribution >= 0.6 is 0 Å². The molecular formula is C48H90N2O6. The number of Topliss-reactive ketones (excluding diaryl/α,β-unsaturated/α-hetero) is 1. The SMILES string of the molecule is CC.CCCCCCCCC(CCCCCC)C(=O)C(C)CCCCCCCOC(=C1CCC1)C1CC(OC(=O)CCNC)CN1CCCCCCOC(C)=O. The largest absolute Gasteiger partial charge is 0.496 e. The summed E-state index contributed by atoms with van der Waals surface area (Å²) in [6.07, 6.45) is 30.3. The highest BCUT2D eigenvalue weighted by atomic mass is 16.5. The summed E-state index contributed by atoms with van der Waals surface area (Å²) in [4.78, 5) is 39.6. The molecule has 8 heteroatoms. The van der Waals surface area contributed by atoms with Crippen LogP contribution in [0.5, 0.6) is 0 Å². The number of esters is 2. The van der Waals surface area contributed by atoms with Gasteiger partial charge in [-0.15, -0.1) is 0 Å². The topological polar surface area (TPSA) is 94.2 Å². The van der Waals surface area contributed by atoms with Gasteiger partial charge in [-0.05, 0) is 77.0 Å². The normalized spacial score (nSPS) is 17.7. The number of ketones is 1. The lowest BCUT2D eigenvalue weighted by molar-refractivity contribution is -0.148. The van der Waals surface area contributed by atoms with Gasteiger partial charge >= 0.3 is 11.9 Å². The van der Waals surface area contributed by atoms with Crippen molar-refractivity contribution in [1.29, 1.82) is 0 Å². The van der Waals surface area contributed by atoms with Gasteiger partial charge in [0.2, 0.25) is 0 Å². The molecule has 2 aliphatic rings. The van der Waals surface area contributed by atoms with E-state index in [2.05, 4.69) is 31.0 Å². The first-order valence-corrected chi connectivity index (χ1v) is 23.9. The summed E-state index contributed by atoms with van der Waals surface area (Å²) < 4.78 is 17.7. The van der Waals surface area contributed by atoms with E-state index in [4.69, 9.17) is 14.2 Å². The first-order chi connectivity index (χ1) is 27.3. The third-order valence-electron chi connectivity index (χ3n) is 11.7. The highest BCUT2D eigenvalue weighted by Crippen LogP contribution is 2.36. The Bertz CT molecular complexity index is 1030. The molecule has 0 bridgehead atoms. The molecule has 328 valence electrons. The van der Waals surface area contributed by atoms with Gasteiger partial charge in [-0.25, -0.2) is 0 Å². The van der Waals surface area contributed by atoms with Crippen LogP contribution in [0.1, 0.15) is 215 Å². The molecule has 8 nitrogen and oxygen atoms in total. The fourth-order valence-corrected chi connectivity index (χ4v) is 8.19. The highest BCUT2D eigenvalue weighted by molar-refractivity contribution is 5.83. The van der Waals surface area contributed by atoms with Crippen LogP contribution in [0, 0.1) is 11.8 Å². The summed E-state index contributed by atoms with van der Waals surface area (Å²) >= 11 is 0. The van der Waals surface area contributed by atoms with Crippen molar-refractivity contribution in [3.8, 4) is 0 Å². The predicted molar refractivity (Wildman–Crippen MR) is 234 cm³/mol. The molecule has 4 unspecified atom stereocenters. The van der Waals surface area contributed by atoms with E-state index in [1.807, 2.05) is 20.9 Å². The third-order valence-corrected chi connectivity index (χ3v) is 11.7. The molecule has 1 N–H and O–H groups in total. The number of rotatable bonds is 35. The molecule has 0 radical (unpaired) electrons. The van der Waals surface area contributed by atoms with Gasteiger partial charge in [0.25, 0.3) is 0 Å². The van der Waals surface area contributed by atoms with Crippen LogP contribution in [0.4, 0.5) is 0 Å². The van der Waals surface area contributed by atoms with Gasteiger partial charge in [-0.2, -0.15) is 0 Å². The molecule has 0 amide bonds. The van der Waals surface area contributed by atoms with Crippen molar-refractivity contribution < 1.29 is 28.6 Å². The second-order valence-corrected chi connectivity index (χ2v) is 16.6. The molecule has 2 rings (SSSR count). The van der Waals surface area contributed by atoms with Crippen LogP contribution in [-0.2, 0) is 28.6 Å². The van der Waals surface area contributed by atoms with Gasteiger partial charge in [-0.1, -0.05) is 137 Å². The molecule has 1 saturated carbocycles. The predicted octanol–water partition coefficient (Wildman–Crippen LogP) is 12.1. The summed E-state index contributed by atoms with van der Waals surface area (Å²) in [6, 6.07) is 0.166. The fourth-order valence-electron chi connectivity index (χ4n) is 8.19. The smallest absolute Gasteiger partial charge is 0.307 e. The van der Waals surface area contributed by atoms with Gasteiger partial charge in [0.15, 0.2) is 0 Å². The van der Waals surface area contributed by atoms with Gasteiger partial charge in [-0.3, -0.25) is 19.3 Å². The van der Waals surface area contributed by atoms with Gasteiger partial charge < -0.3 is 19.5 Å². The molecule has 4 atom stereocenters. The minimum atomic E-state index is -0.213. The van der Waals surface area contributed by atoms with E-state index >= 15 is 0 Å². The molecule has 1 aliphatic heterocycles. The van der Waals surface area contributed by atoms with Crippen LogP contribution in [0.2, 0.25) is 0 Å². The summed E-state index contributed by atoms with van der Waals surface area (Å²) in [6.45, 7) is 15.7. The monoisotopic (exact) mass is 791 g/mol. The van der Waals surface area contributed by atoms with Crippen LogP contribution in [0.25, 0.3) is 0 Å². The van der Waals surface area contributed by atoms with E-state index in [0.29, 0.717) is 25.4 Å². The number of likely N-dealkylation sites (tertiary alicyclic amines) is 1. The molecule has 0 spiro atoms. The highest BCUT2D eigenvalue weighted by Gasteiger charge is 2.39. The van der Waals surface area contributed by atoms with Crippen molar-refractivity contribution in [3.63, 3.8) is 0 Å². The minimum absolute atomic E-state index is 0.108. The lowest BCUT2D eigenvalue weighted by Crippen LogP contribution is -2.34. The number of carbonyl (C=O) groups excluding carboxylic acids is 3. The maximum Gasteiger partial charge on any atom is 0.307 e. The number of carbonyl (C=O) groups is 3. The second kappa shape index (κ2) is 35.1. The number of nitrogens with one attached hydrogen (secondary N) is 1. The summed E-state index contributed by atoms with van der Waals surface area (Å²) in [5.74, 6) is 1.81. The molecule has 0 aromatic heterocycles. The first-order valence-electron chi connectivity index (χ1n) is 23.9. The van der Waals surface area contributed by atoms with E-state index in [1.54, 1.807) is 0 Å². The van der Waals surface area contributed by atoms with Crippen molar-refractivity contribution in [1.82, 2.24) is 10.2 Å². The van der Waals surface area contributed by atoms with E-state index in [1.165, 1.54) is 96.0 Å². The molecule has 56 heavy (non-hydrogen) atoms. The van der Waals surface area contributed by atoms with Crippen molar-refractivity contribution >= 4 is 17.7 Å². The molecule has 1 aliphatic carbocycles. The Morgan fingerprint density at radius 1 is 0.732 bits per heavy atom. The standard InChI is InChI=1S/C46H84N2O6.C2H6/c1-6-8-10-12-15-21-28-40(27-20-11-9-7-2)45(51)38(3)26-19-14-13-17-24-35-53-46(41-29-25-30-41)43-36-42(54-44(50)31-32-47-5)37-48(43)33-22-16-18-23-34-52-39(4)49;1-2/h38,40,42-43,47H,6-37H2,1-5H3;1-2H3. The molecule has 0 aromatic rings. The number of nitrogens with zero attached hydrogens (tertiary/aromatic N) is 1. The average molecular weight is 791 g/mol. The molecular weight excluding hydrogens is 701 g/mol. The Morgan fingerprint density at radius 3 is 1.84 bits per heavy atom. The quantitative estimate of drug-likeness (QED) is 0.0385. The molecule has 1 heterocycles. The van der Waals surface area contributed by atoms with Gasteiger partial charge in [0.1, 0.15) is 17.6 Å². The van der Waals surface area contributed by atoms with E-state index in [-0.39, 0.29) is 35.9 Å². The number of hydrogen-bond donors (Lipinski definition) is 1. The number of unbranched alkanes of at least 4 members (excludes halogenated alkanes) is 15. The summed E-state index contributed by atoms with van der Waals surface area (Å²) in [5.41, 5.74) is 1.45. The fraction of sp³-hybridized carbons (Fsp3) is 0.896. The Labute approximate surface area is 345 Å². The van der Waals surface area contributed by atoms with Crippen LogP contribution in [-0.4, -0.2) is 74.7 Å². The zero-order valence-corrected chi connectivity index (χ0v) is 37.8. The number of hydrogen-bond acceptors (Lipinski definition) is 8. The lowest BCUT2D eigenvalue weighted by atomic mass is 9.83. The second-order valence-electron chi connectivity index (χ2n) is 16.6. The van der Waals surface area contributed by atoms with Gasteiger partial charge in [0.05, 0.1) is 25.7 Å². The lowest BCUT2D eigenvalue weighted by Gasteiger charge is -2.31. The van der Waals surface area contributed by atoms with E-state index < -0.39 is 0 Å². The minimum Gasteiger partial charge on any atom is -0.496 e. The van der Waals surface area contributed by atoms with Crippen LogP contribution < -0.4 is 5.32 Å².